The van der Waals surface area contributed by atoms with Crippen molar-refractivity contribution in [2.45, 2.75) is 30.4 Å². The molecular formula is C19H20O3S. The minimum absolute atomic E-state index is 0.141. The molecule has 1 heterocycles. The molecule has 2 aromatic carbocycles. The third-order valence-electron chi connectivity index (χ3n) is 3.74. The van der Waals surface area contributed by atoms with Gasteiger partial charge in [-0.2, -0.15) is 0 Å². The summed E-state index contributed by atoms with van der Waals surface area (Å²) < 4.78 is 11.3. The molecule has 1 atom stereocenters. The molecule has 4 heteroatoms. The molecule has 3 rings (SSSR count). The summed E-state index contributed by atoms with van der Waals surface area (Å²) in [6.45, 7) is 5.31. The van der Waals surface area contributed by atoms with Gasteiger partial charge in [-0.1, -0.05) is 29.8 Å². The van der Waals surface area contributed by atoms with Crippen LogP contribution in [0.4, 0.5) is 0 Å². The summed E-state index contributed by atoms with van der Waals surface area (Å²) in [4.78, 5) is 13.5. The van der Waals surface area contributed by atoms with Crippen molar-refractivity contribution in [3.63, 3.8) is 0 Å². The van der Waals surface area contributed by atoms with E-state index in [0.29, 0.717) is 13.2 Å². The van der Waals surface area contributed by atoms with Crippen LogP contribution in [0, 0.1) is 6.92 Å². The van der Waals surface area contributed by atoms with Crippen LogP contribution in [-0.4, -0.2) is 24.2 Å². The predicted molar refractivity (Wildman–Crippen MR) is 92.9 cm³/mol. The standard InChI is InChI=1S/C19H20O3S/c1-13-4-6-15(7-5-13)19(20)14(2)23-16-8-9-17-18(12-16)22-11-3-10-21-17/h4-9,12,14H,3,10-11H2,1-2H3. The number of rotatable bonds is 4. The highest BCUT2D eigenvalue weighted by Gasteiger charge is 2.18. The Hall–Kier alpha value is -1.94. The minimum Gasteiger partial charge on any atom is -0.490 e. The lowest BCUT2D eigenvalue weighted by Crippen LogP contribution is -2.13. The van der Waals surface area contributed by atoms with Gasteiger partial charge in [-0.25, -0.2) is 0 Å². The molecule has 0 radical (unpaired) electrons. The highest BCUT2D eigenvalue weighted by molar-refractivity contribution is 8.00. The number of carbonyl (C=O) groups excluding carboxylic acids is 1. The van der Waals surface area contributed by atoms with E-state index in [9.17, 15) is 4.79 Å². The van der Waals surface area contributed by atoms with E-state index in [2.05, 4.69) is 0 Å². The van der Waals surface area contributed by atoms with Crippen LogP contribution in [0.5, 0.6) is 11.5 Å². The van der Waals surface area contributed by atoms with E-state index in [0.717, 1.165) is 33.9 Å². The molecule has 0 aromatic heterocycles. The number of Topliss-reactive ketones (excluding diaryl/α,β-unsaturated/α-hetero) is 1. The smallest absolute Gasteiger partial charge is 0.175 e. The van der Waals surface area contributed by atoms with Crippen LogP contribution >= 0.6 is 11.8 Å². The number of benzene rings is 2. The molecule has 0 amide bonds. The first-order valence-electron chi connectivity index (χ1n) is 7.80. The largest absolute Gasteiger partial charge is 0.490 e. The van der Waals surface area contributed by atoms with E-state index in [-0.39, 0.29) is 11.0 Å². The van der Waals surface area contributed by atoms with Gasteiger partial charge in [-0.3, -0.25) is 4.79 Å². The number of fused-ring (bicyclic) bond motifs is 1. The maximum Gasteiger partial charge on any atom is 0.175 e. The molecule has 3 nitrogen and oxygen atoms in total. The first-order chi connectivity index (χ1) is 11.1. The van der Waals surface area contributed by atoms with Gasteiger partial charge in [0.2, 0.25) is 0 Å². The average Bonchev–Trinajstić information content (AvgIpc) is 2.79. The van der Waals surface area contributed by atoms with E-state index in [1.807, 2.05) is 56.3 Å². The SMILES string of the molecule is Cc1ccc(C(=O)C(C)Sc2ccc3c(c2)OCCCO3)cc1. The van der Waals surface area contributed by atoms with Crippen molar-refractivity contribution in [1.29, 1.82) is 0 Å². The van der Waals surface area contributed by atoms with Crippen molar-refractivity contribution in [2.75, 3.05) is 13.2 Å². The fourth-order valence-corrected chi connectivity index (χ4v) is 3.40. The van der Waals surface area contributed by atoms with Crippen molar-refractivity contribution in [3.05, 3.63) is 53.6 Å². The Balaban J connectivity index is 1.72. The van der Waals surface area contributed by atoms with Crippen LogP contribution < -0.4 is 9.47 Å². The summed E-state index contributed by atoms with van der Waals surface area (Å²) in [5.41, 5.74) is 1.91. The van der Waals surface area contributed by atoms with Crippen LogP contribution in [0.25, 0.3) is 0 Å². The second-order valence-corrected chi connectivity index (χ2v) is 7.06. The molecule has 1 aliphatic heterocycles. The fourth-order valence-electron chi connectivity index (χ4n) is 2.43. The number of hydrogen-bond donors (Lipinski definition) is 0. The second-order valence-electron chi connectivity index (χ2n) is 5.65. The highest BCUT2D eigenvalue weighted by atomic mass is 32.2. The van der Waals surface area contributed by atoms with Crippen molar-refractivity contribution in [3.8, 4) is 11.5 Å². The van der Waals surface area contributed by atoms with E-state index in [1.54, 1.807) is 11.8 Å². The number of hydrogen-bond acceptors (Lipinski definition) is 4. The Morgan fingerprint density at radius 2 is 1.74 bits per heavy atom. The molecule has 1 aliphatic rings. The Morgan fingerprint density at radius 1 is 1.04 bits per heavy atom. The summed E-state index contributed by atoms with van der Waals surface area (Å²) >= 11 is 1.55. The maximum atomic E-state index is 12.5. The monoisotopic (exact) mass is 328 g/mol. The molecule has 0 N–H and O–H groups in total. The minimum atomic E-state index is -0.151. The van der Waals surface area contributed by atoms with Crippen molar-refractivity contribution >= 4 is 17.5 Å². The topological polar surface area (TPSA) is 35.5 Å². The third-order valence-corrected chi connectivity index (χ3v) is 4.83. The van der Waals surface area contributed by atoms with Gasteiger partial charge in [0.05, 0.1) is 18.5 Å². The normalized spacial score (nSPS) is 14.9. The zero-order valence-electron chi connectivity index (χ0n) is 13.4. The average molecular weight is 328 g/mol. The zero-order valence-corrected chi connectivity index (χ0v) is 14.2. The summed E-state index contributed by atoms with van der Waals surface area (Å²) in [5, 5.41) is -0.151. The van der Waals surface area contributed by atoms with Crippen molar-refractivity contribution < 1.29 is 14.3 Å². The van der Waals surface area contributed by atoms with Crippen LogP contribution in [0.2, 0.25) is 0 Å². The molecule has 1 unspecified atom stereocenters. The Morgan fingerprint density at radius 3 is 2.48 bits per heavy atom. The first-order valence-corrected chi connectivity index (χ1v) is 8.68. The molecule has 0 saturated heterocycles. The summed E-state index contributed by atoms with van der Waals surface area (Å²) in [6.07, 6.45) is 0.888. The van der Waals surface area contributed by atoms with Gasteiger partial charge in [0, 0.05) is 16.9 Å². The lowest BCUT2D eigenvalue weighted by Gasteiger charge is -2.13. The summed E-state index contributed by atoms with van der Waals surface area (Å²) in [7, 11) is 0. The van der Waals surface area contributed by atoms with Gasteiger partial charge in [0.1, 0.15) is 0 Å². The predicted octanol–water partition coefficient (Wildman–Crippen LogP) is 4.52. The molecular weight excluding hydrogens is 308 g/mol. The van der Waals surface area contributed by atoms with Crippen LogP contribution in [0.1, 0.15) is 29.3 Å². The van der Waals surface area contributed by atoms with Crippen LogP contribution in [0.3, 0.4) is 0 Å². The molecule has 2 aromatic rings. The summed E-state index contributed by atoms with van der Waals surface area (Å²) in [5.74, 6) is 1.69. The number of carbonyl (C=O) groups is 1. The number of aryl methyl sites for hydroxylation is 1. The molecule has 0 aliphatic carbocycles. The van der Waals surface area contributed by atoms with Crippen molar-refractivity contribution in [1.82, 2.24) is 0 Å². The quantitative estimate of drug-likeness (QED) is 0.610. The molecule has 0 fully saturated rings. The Labute approximate surface area is 141 Å². The summed E-state index contributed by atoms with van der Waals surface area (Å²) in [6, 6.07) is 13.6. The first kappa shape index (κ1) is 15.9. The molecule has 23 heavy (non-hydrogen) atoms. The molecule has 120 valence electrons. The van der Waals surface area contributed by atoms with E-state index in [4.69, 9.17) is 9.47 Å². The Bertz CT molecular complexity index is 694. The highest BCUT2D eigenvalue weighted by Crippen LogP contribution is 2.35. The molecule has 0 bridgehead atoms. The fraction of sp³-hybridized carbons (Fsp3) is 0.316. The van der Waals surface area contributed by atoms with Crippen molar-refractivity contribution in [2.24, 2.45) is 0 Å². The van der Waals surface area contributed by atoms with E-state index < -0.39 is 0 Å². The number of ketones is 1. The van der Waals surface area contributed by atoms with Gasteiger partial charge in [-0.05, 0) is 32.0 Å². The molecule has 0 saturated carbocycles. The maximum absolute atomic E-state index is 12.5. The lowest BCUT2D eigenvalue weighted by molar-refractivity contribution is 0.0994. The second kappa shape index (κ2) is 7.09. The van der Waals surface area contributed by atoms with Gasteiger partial charge in [0.15, 0.2) is 17.3 Å². The van der Waals surface area contributed by atoms with Gasteiger partial charge < -0.3 is 9.47 Å². The lowest BCUT2D eigenvalue weighted by atomic mass is 10.1. The van der Waals surface area contributed by atoms with Crippen LogP contribution in [0.15, 0.2) is 47.4 Å². The zero-order chi connectivity index (χ0) is 16.2. The third kappa shape index (κ3) is 3.88. The van der Waals surface area contributed by atoms with Crippen LogP contribution in [-0.2, 0) is 0 Å². The number of ether oxygens (including phenoxy) is 2. The van der Waals surface area contributed by atoms with E-state index in [1.165, 1.54) is 0 Å². The molecule has 0 spiro atoms. The van der Waals surface area contributed by atoms with E-state index >= 15 is 0 Å². The van der Waals surface area contributed by atoms with Gasteiger partial charge in [-0.15, -0.1) is 11.8 Å². The Kier molecular flexibility index (Phi) is 4.91. The van der Waals surface area contributed by atoms with Gasteiger partial charge in [0.25, 0.3) is 0 Å². The number of thioether (sulfide) groups is 1. The van der Waals surface area contributed by atoms with Gasteiger partial charge >= 0.3 is 0 Å².